The van der Waals surface area contributed by atoms with Gasteiger partial charge in [0.15, 0.2) is 5.82 Å². The van der Waals surface area contributed by atoms with E-state index in [1.165, 1.54) is 4.68 Å². The smallest absolute Gasteiger partial charge is 0.174 e. The summed E-state index contributed by atoms with van der Waals surface area (Å²) in [4.78, 5) is 4.19. The third kappa shape index (κ3) is 2.00. The molecule has 8 heteroatoms. The summed E-state index contributed by atoms with van der Waals surface area (Å²) in [6, 6.07) is 3.50. The predicted octanol–water partition coefficient (Wildman–Crippen LogP) is 1.84. The quantitative estimate of drug-likeness (QED) is 0.829. The molecule has 6 nitrogen and oxygen atoms in total. The summed E-state index contributed by atoms with van der Waals surface area (Å²) < 4.78 is 1.52. The van der Waals surface area contributed by atoms with Gasteiger partial charge >= 0.3 is 0 Å². The van der Waals surface area contributed by atoms with E-state index in [1.54, 1.807) is 24.5 Å². The number of nitrogens with two attached hydrogens (primary N) is 1. The molecule has 98 valence electrons. The Balaban J connectivity index is 2.08. The maximum absolute atomic E-state index is 6.12. The Morgan fingerprint density at radius 3 is 2.95 bits per heavy atom. The van der Waals surface area contributed by atoms with Crippen molar-refractivity contribution in [3.8, 4) is 5.82 Å². The number of anilines is 1. The lowest BCUT2D eigenvalue weighted by Gasteiger charge is -2.08. The molecule has 1 aliphatic rings. The lowest BCUT2D eigenvalue weighted by molar-refractivity contribution is 0.857. The second-order valence-electron chi connectivity index (χ2n) is 3.93. The van der Waals surface area contributed by atoms with Crippen LogP contribution in [0, 0.1) is 0 Å². The van der Waals surface area contributed by atoms with Crippen molar-refractivity contribution >= 4 is 38.9 Å². The zero-order valence-electron chi connectivity index (χ0n) is 10.0. The summed E-state index contributed by atoms with van der Waals surface area (Å²) in [6.45, 7) is 0. The fourth-order valence-electron chi connectivity index (χ4n) is 1.76. The Hall–Kier alpha value is -1.86. The zero-order chi connectivity index (χ0) is 13.4. The van der Waals surface area contributed by atoms with Crippen LogP contribution in [0.5, 0.6) is 0 Å². The normalized spacial score (nSPS) is 19.7. The molecule has 0 saturated heterocycles. The highest BCUT2D eigenvalue weighted by atomic mass is 35.5. The zero-order valence-corrected chi connectivity index (χ0v) is 11.7. The van der Waals surface area contributed by atoms with Crippen molar-refractivity contribution in [1.29, 1.82) is 0 Å². The van der Waals surface area contributed by atoms with Gasteiger partial charge in [-0.25, -0.2) is 4.98 Å². The minimum absolute atomic E-state index is 0.471. The molecule has 2 aromatic rings. The number of pyridine rings is 1. The number of nitrogen functional groups attached to an aromatic ring is 1. The first-order chi connectivity index (χ1) is 9.18. The van der Waals surface area contributed by atoms with Crippen molar-refractivity contribution in [2.24, 2.45) is 10.2 Å². The highest BCUT2D eigenvalue weighted by Gasteiger charge is 2.20. The van der Waals surface area contributed by atoms with Gasteiger partial charge < -0.3 is 5.73 Å². The Kier molecular flexibility index (Phi) is 3.00. The minimum atomic E-state index is -0.513. The molecule has 19 heavy (non-hydrogen) atoms. The van der Waals surface area contributed by atoms with E-state index in [-0.39, 0.29) is 0 Å². The van der Waals surface area contributed by atoms with Crippen molar-refractivity contribution in [3.63, 3.8) is 0 Å². The second kappa shape index (κ2) is 4.67. The molecule has 0 bridgehead atoms. The molecular weight excluding hydrogens is 284 g/mol. The van der Waals surface area contributed by atoms with Crippen LogP contribution in [0.15, 0.2) is 34.7 Å². The first-order valence-electron chi connectivity index (χ1n) is 5.47. The predicted molar refractivity (Wildman–Crippen MR) is 80.7 cm³/mol. The molecule has 0 spiro atoms. The maximum Gasteiger partial charge on any atom is 0.174 e. The Morgan fingerprint density at radius 1 is 1.42 bits per heavy atom. The molecule has 0 aliphatic carbocycles. The van der Waals surface area contributed by atoms with Gasteiger partial charge in [-0.1, -0.05) is 11.6 Å². The van der Waals surface area contributed by atoms with E-state index < -0.39 is 10.9 Å². The van der Waals surface area contributed by atoms with Gasteiger partial charge in [0.2, 0.25) is 0 Å². The van der Waals surface area contributed by atoms with Crippen LogP contribution in [-0.2, 0) is 0 Å². The van der Waals surface area contributed by atoms with Crippen molar-refractivity contribution in [2.75, 3.05) is 12.0 Å². The van der Waals surface area contributed by atoms with Gasteiger partial charge in [-0.3, -0.25) is 0 Å². The Morgan fingerprint density at radius 2 is 2.26 bits per heavy atom. The summed E-state index contributed by atoms with van der Waals surface area (Å²) in [7, 11) is -0.513. The summed E-state index contributed by atoms with van der Waals surface area (Å²) in [5, 5.41) is 13.6. The number of aromatic nitrogens is 3. The molecule has 1 unspecified atom stereocenters. The van der Waals surface area contributed by atoms with E-state index in [0.29, 0.717) is 16.7 Å². The second-order valence-corrected chi connectivity index (χ2v) is 6.21. The fourth-order valence-corrected chi connectivity index (χ4v) is 3.02. The van der Waals surface area contributed by atoms with E-state index in [1.807, 2.05) is 5.55 Å². The van der Waals surface area contributed by atoms with Crippen LogP contribution in [0.1, 0.15) is 5.56 Å². The minimum Gasteiger partial charge on any atom is -0.383 e. The van der Waals surface area contributed by atoms with Crippen LogP contribution in [0.2, 0.25) is 5.02 Å². The number of thiol groups is 1. The van der Waals surface area contributed by atoms with Crippen LogP contribution < -0.4 is 5.73 Å². The van der Waals surface area contributed by atoms with Gasteiger partial charge in [-0.05, 0) is 18.4 Å². The molecule has 1 atom stereocenters. The number of hydrogen-bond acceptors (Lipinski definition) is 5. The first kappa shape index (κ1) is 12.2. The summed E-state index contributed by atoms with van der Waals surface area (Å²) >= 11 is 6.10. The molecule has 0 amide bonds. The summed E-state index contributed by atoms with van der Waals surface area (Å²) in [5.41, 5.74) is 8.74. The SMILES string of the molecule is C[SH]1C=NN=C1c1cnn(-c2ncccc2Cl)c1N. The van der Waals surface area contributed by atoms with Crippen LogP contribution in [0.25, 0.3) is 5.82 Å². The van der Waals surface area contributed by atoms with E-state index in [2.05, 4.69) is 26.5 Å². The van der Waals surface area contributed by atoms with Gasteiger partial charge in [-0.15, -0.1) is 5.10 Å². The van der Waals surface area contributed by atoms with Gasteiger partial charge in [0, 0.05) is 6.20 Å². The molecule has 2 aromatic heterocycles. The average Bonchev–Trinajstić information content (AvgIpc) is 2.96. The van der Waals surface area contributed by atoms with Crippen molar-refractivity contribution in [1.82, 2.24) is 14.8 Å². The van der Waals surface area contributed by atoms with Gasteiger partial charge in [0.05, 0.1) is 22.3 Å². The van der Waals surface area contributed by atoms with Crippen molar-refractivity contribution in [3.05, 3.63) is 35.1 Å². The Bertz CT molecular complexity index is 692. The number of rotatable bonds is 2. The van der Waals surface area contributed by atoms with Crippen LogP contribution in [0.4, 0.5) is 5.82 Å². The standard InChI is InChI=1S/C11H11ClN6S/c1-19-6-15-17-11(19)7-5-16-18(9(7)13)10-8(12)3-2-4-14-10/h2-6,19H,13H2,1H3. The monoisotopic (exact) mass is 294 g/mol. The largest absolute Gasteiger partial charge is 0.383 e. The molecule has 0 aromatic carbocycles. The van der Waals surface area contributed by atoms with Crippen LogP contribution in [0.3, 0.4) is 0 Å². The molecule has 0 radical (unpaired) electrons. The highest BCUT2D eigenvalue weighted by Crippen LogP contribution is 2.32. The molecule has 1 aliphatic heterocycles. The topological polar surface area (TPSA) is 81.5 Å². The summed E-state index contributed by atoms with van der Waals surface area (Å²) in [6.07, 6.45) is 5.38. The van der Waals surface area contributed by atoms with Gasteiger partial charge in [0.1, 0.15) is 10.9 Å². The van der Waals surface area contributed by atoms with E-state index >= 15 is 0 Å². The third-order valence-corrected chi connectivity index (χ3v) is 4.44. The molecule has 0 saturated carbocycles. The van der Waals surface area contributed by atoms with Gasteiger partial charge in [-0.2, -0.15) is 25.8 Å². The molecule has 0 fully saturated rings. The molecule has 3 rings (SSSR count). The van der Waals surface area contributed by atoms with Crippen molar-refractivity contribution < 1.29 is 0 Å². The van der Waals surface area contributed by atoms with Gasteiger partial charge in [0.25, 0.3) is 0 Å². The highest BCUT2D eigenvalue weighted by molar-refractivity contribution is 8.40. The molecule has 3 heterocycles. The lowest BCUT2D eigenvalue weighted by atomic mass is 10.3. The number of hydrogen-bond donors (Lipinski definition) is 2. The lowest BCUT2D eigenvalue weighted by Crippen LogP contribution is -2.07. The van der Waals surface area contributed by atoms with Crippen LogP contribution >= 0.6 is 22.5 Å². The van der Waals surface area contributed by atoms with E-state index in [9.17, 15) is 0 Å². The first-order valence-corrected chi connectivity index (χ1v) is 7.71. The average molecular weight is 295 g/mol. The fraction of sp³-hybridized carbons (Fsp3) is 0.0909. The third-order valence-electron chi connectivity index (χ3n) is 2.70. The Labute approximate surface area is 117 Å². The molecule has 2 N–H and O–H groups in total. The number of halogens is 1. The molecular formula is C11H11ClN6S. The van der Waals surface area contributed by atoms with E-state index in [0.717, 1.165) is 10.6 Å². The van der Waals surface area contributed by atoms with Crippen LogP contribution in [-0.4, -0.2) is 31.6 Å². The maximum atomic E-state index is 6.12. The summed E-state index contributed by atoms with van der Waals surface area (Å²) in [5.74, 6) is 0.979. The number of nitrogens with zero attached hydrogens (tertiary/aromatic N) is 5. The van der Waals surface area contributed by atoms with Crippen molar-refractivity contribution in [2.45, 2.75) is 0 Å². The van der Waals surface area contributed by atoms with E-state index in [4.69, 9.17) is 17.3 Å².